The molecule has 14 atom stereocenters. The van der Waals surface area contributed by atoms with Gasteiger partial charge in [-0.15, -0.1) is 0 Å². The highest BCUT2D eigenvalue weighted by molar-refractivity contribution is 6.32. The van der Waals surface area contributed by atoms with Gasteiger partial charge in [0.25, 0.3) is 0 Å². The molecule has 6 aromatic carbocycles. The second-order valence-corrected chi connectivity index (χ2v) is 35.3. The van der Waals surface area contributed by atoms with Crippen LogP contribution in [0.2, 0.25) is 10.0 Å². The van der Waals surface area contributed by atoms with Crippen molar-refractivity contribution < 1.29 is 117 Å². The van der Waals surface area contributed by atoms with E-state index in [1.54, 1.807) is 6.92 Å². The molecule has 6 aliphatic heterocycles. The molecule has 0 spiro atoms. The predicted octanol–water partition coefficient (Wildman–Crippen LogP) is 11.6. The van der Waals surface area contributed by atoms with Gasteiger partial charge in [0.2, 0.25) is 47.3 Å². The van der Waals surface area contributed by atoms with Crippen molar-refractivity contribution in [2.75, 3.05) is 31.7 Å². The average Bonchev–Trinajstić information content (AvgIpc) is 0.757. The molecule has 0 radical (unpaired) electrons. The minimum Gasteiger partial charge on any atom is -0.508 e. The maximum Gasteiger partial charge on any atom is 0.325 e. The smallest absolute Gasteiger partial charge is 0.325 e. The molecule has 4 aliphatic carbocycles. The fraction of sp³-hybridized carbons (Fsp3) is 0.511. The Hall–Kier alpha value is -10.4. The Kier molecular flexibility index (Phi) is 29.9. The lowest BCUT2D eigenvalue weighted by atomic mass is 9.51. The number of rotatable bonds is 26. The number of carbonyl (C=O) groups excluding carboxylic acids is 9. The van der Waals surface area contributed by atoms with Crippen LogP contribution in [-0.4, -0.2) is 163 Å². The van der Waals surface area contributed by atoms with E-state index in [0.717, 1.165) is 81.7 Å². The fourth-order valence-corrected chi connectivity index (χ4v) is 19.0. The van der Waals surface area contributed by atoms with E-state index in [1.165, 1.54) is 60.7 Å². The van der Waals surface area contributed by atoms with Gasteiger partial charge in [0.05, 0.1) is 47.4 Å². The molecule has 6 aromatic rings. The van der Waals surface area contributed by atoms with E-state index in [-0.39, 0.29) is 133 Å². The first-order valence-corrected chi connectivity index (χ1v) is 44.0. The molecular weight excluding hydrogens is 1660 g/mol. The lowest BCUT2D eigenvalue weighted by Crippen LogP contribution is -2.60. The van der Waals surface area contributed by atoms with Crippen LogP contribution in [0.15, 0.2) is 91.0 Å². The molecule has 672 valence electrons. The van der Waals surface area contributed by atoms with Gasteiger partial charge >= 0.3 is 6.03 Å². The molecule has 33 heteroatoms. The number of aromatic hydroxyl groups is 3. The van der Waals surface area contributed by atoms with Gasteiger partial charge in [-0.25, -0.2) is 4.79 Å². The number of aliphatic hydroxyl groups excluding tert-OH is 5. The van der Waals surface area contributed by atoms with Crippen LogP contribution in [0, 0.1) is 47.3 Å². The van der Waals surface area contributed by atoms with Crippen molar-refractivity contribution in [3.05, 3.63) is 129 Å². The number of carbonyl (C=O) groups is 9. The molecule has 31 nitrogen and oxygen atoms in total. The first-order valence-electron chi connectivity index (χ1n) is 43.3. The van der Waals surface area contributed by atoms with E-state index in [0.29, 0.717) is 44.1 Å². The number of nitrogens with two attached hydrogens (primary N) is 1. The summed E-state index contributed by atoms with van der Waals surface area (Å²) in [5, 5.41) is 111. The second-order valence-electron chi connectivity index (χ2n) is 34.5. The third-order valence-corrected chi connectivity index (χ3v) is 25.6. The topological polar surface area (TPSA) is 478 Å². The Morgan fingerprint density at radius 2 is 1.20 bits per heavy atom. The maximum atomic E-state index is 16.7. The van der Waals surface area contributed by atoms with Crippen molar-refractivity contribution in [1.29, 1.82) is 0 Å². The third-order valence-electron chi connectivity index (χ3n) is 25.0. The summed E-state index contributed by atoms with van der Waals surface area (Å²) < 4.78 is 44.6. The monoisotopic (exact) mass is 1770 g/mol. The van der Waals surface area contributed by atoms with E-state index in [2.05, 4.69) is 31.9 Å². The number of phenolic OH excluding ortho intramolecular Hbond substituents is 3. The number of imide groups is 1. The van der Waals surface area contributed by atoms with Gasteiger partial charge in [-0.2, -0.15) is 0 Å². The molecule has 125 heavy (non-hydrogen) atoms. The van der Waals surface area contributed by atoms with Crippen molar-refractivity contribution in [2.45, 2.75) is 224 Å². The van der Waals surface area contributed by atoms with Crippen molar-refractivity contribution in [1.82, 2.24) is 26.6 Å². The molecule has 15 bridgehead atoms. The zero-order valence-electron chi connectivity index (χ0n) is 70.5. The minimum absolute atomic E-state index is 0.0505. The van der Waals surface area contributed by atoms with E-state index in [1.807, 2.05) is 34.6 Å². The minimum atomic E-state index is -2.24. The van der Waals surface area contributed by atoms with Crippen LogP contribution >= 0.6 is 23.2 Å². The standard InChI is InChI=1S/C92H111Cl2N7O24/c1-7-11-20-119-69-36-54(37-70(120-21-12-8-2)85(69)121-22-13-9-3)96-92(118)97-74(108)35-53-32-64(105)78(100-87(114)46(10-4)23-43(5)6)80(109)48-15-18-67(60(93)30-48)122-71-33-52-34-72(86(71)125-91-84(113)83(112)82(111)73(42-95)124-91)123-68-19-16-49(31-61(68)94)81(110)79-90(117)99-77(66(107)40-56-50-25-44-24-45(27-50)28-51(56)26-44)59-38-55(102)39-63(104)75(59)58-29-47(14-17-62(58)103)57(89(116)101-79)41-65(106)76(52)98-88(53)115/h14-19,29-31,33-34,36-39,43-46,50-51,53,56-57,73,76-84,91,102-104,109-113H,7-13,20-28,32,35,40-42,95H2,1-6H3,(H,98,115)(H,99,117)(H,100,114)(H,101,116)(H2,96,97,108,118)/t44?,45?,46-,50?,51?,53+,56?,57-,73-,76-,77+,78+,79+,80-,81-,82-,83+,84-,91+/m1/s1. The molecule has 1 saturated heterocycles. The van der Waals surface area contributed by atoms with Crippen molar-refractivity contribution in [2.24, 2.45) is 53.1 Å². The molecule has 16 rings (SSSR count). The number of hydrogen-bond donors (Lipinski definition) is 15. The molecule has 0 unspecified atom stereocenters. The Bertz CT molecular complexity index is 4970. The van der Waals surface area contributed by atoms with E-state index < -0.39 is 198 Å². The number of aliphatic hydroxyl groups is 5. The first-order chi connectivity index (χ1) is 59.8. The number of Topliss-reactive ketones (excluding diaryl/α,β-unsaturated/α-hetero) is 3. The molecule has 10 aliphatic rings. The van der Waals surface area contributed by atoms with Gasteiger partial charge in [-0.1, -0.05) is 102 Å². The number of fused-ring (bicyclic) bond motifs is 15. The maximum absolute atomic E-state index is 16.7. The zero-order chi connectivity index (χ0) is 89.5. The van der Waals surface area contributed by atoms with Crippen LogP contribution in [0.3, 0.4) is 0 Å². The molecule has 16 N–H and O–H groups in total. The predicted molar refractivity (Wildman–Crippen MR) is 457 cm³/mol. The number of anilines is 1. The summed E-state index contributed by atoms with van der Waals surface area (Å²) in [6, 6.07) is 9.01. The number of benzene rings is 6. The number of amides is 7. The van der Waals surface area contributed by atoms with Crippen LogP contribution in [0.25, 0.3) is 11.1 Å². The van der Waals surface area contributed by atoms with Gasteiger partial charge in [0.1, 0.15) is 89.5 Å². The number of ether oxygens (including phenoxy) is 7. The second kappa shape index (κ2) is 40.5. The summed E-state index contributed by atoms with van der Waals surface area (Å²) in [5.74, 6) is -15.4. The van der Waals surface area contributed by atoms with Gasteiger partial charge < -0.3 is 106 Å². The number of nitrogens with one attached hydrogen (secondary N) is 6. The number of halogens is 2. The molecule has 4 saturated carbocycles. The number of unbranched alkanes of at least 4 members (excludes halogenated alkanes) is 3. The van der Waals surface area contributed by atoms with Crippen LogP contribution in [0.1, 0.15) is 209 Å². The highest BCUT2D eigenvalue weighted by Crippen LogP contribution is 2.59. The van der Waals surface area contributed by atoms with Crippen LogP contribution in [-0.2, 0) is 43.1 Å². The quantitative estimate of drug-likeness (QED) is 0.0224. The summed E-state index contributed by atoms with van der Waals surface area (Å²) in [6.07, 6.45) is -7.14. The molecule has 5 fully saturated rings. The van der Waals surface area contributed by atoms with Crippen LogP contribution in [0.4, 0.5) is 10.5 Å². The van der Waals surface area contributed by atoms with Crippen molar-refractivity contribution >= 4 is 81.8 Å². The van der Waals surface area contributed by atoms with E-state index in [4.69, 9.17) is 62.1 Å². The normalized spacial score (nSPS) is 26.7. The van der Waals surface area contributed by atoms with Crippen LogP contribution in [0.5, 0.6) is 63.2 Å². The van der Waals surface area contributed by atoms with Crippen LogP contribution < -0.4 is 66.1 Å². The highest BCUT2D eigenvalue weighted by atomic mass is 35.5. The van der Waals surface area contributed by atoms with Gasteiger partial charge in [0, 0.05) is 67.5 Å². The third kappa shape index (κ3) is 21.0. The average molecular weight is 1770 g/mol. The molecule has 0 aromatic heterocycles. The first kappa shape index (κ1) is 92.3. The van der Waals surface area contributed by atoms with E-state index in [9.17, 15) is 50.4 Å². The largest absolute Gasteiger partial charge is 0.508 e. The van der Waals surface area contributed by atoms with E-state index >= 15 is 33.6 Å². The Labute approximate surface area is 733 Å². The van der Waals surface area contributed by atoms with Crippen molar-refractivity contribution in [3.63, 3.8) is 0 Å². The molecule has 6 heterocycles. The number of phenols is 3. The highest BCUT2D eigenvalue weighted by Gasteiger charge is 2.51. The molecule has 7 amide bonds. The van der Waals surface area contributed by atoms with Crippen molar-refractivity contribution in [3.8, 4) is 74.4 Å². The number of ketones is 3. The SMILES string of the molecule is CCCCOc1cc(NC(=O)NC(=O)C[C@@H]2CC(=O)[C@H](NC(=O)[C@H](CC)CC(C)C)[C@H](O)c3ccc(c(Cl)c3)Oc3cc4cc(c3O[C@@H]3O[C@H](CN)[C@@H](O)[C@H](O)[C@H]3O)Oc3ccc(cc3Cl)[C@@H](O)[C@@H]3NC(=O)[C@H](CC(=O)[C@@H]4NC2=O)c2ccc(O)c(c2)-c2c(O)cc(O)cc2[C@@H](C(=O)CC2C4CC5CC(C4)CC2C5)NC3=O)cc(OCCCC)c1OCCCC. The molecular formula is C92H111Cl2N7O24. The number of hydrogen-bond acceptors (Lipinski definition) is 25. The Morgan fingerprint density at radius 1 is 0.600 bits per heavy atom. The Balaban J connectivity index is 0.980. The summed E-state index contributed by atoms with van der Waals surface area (Å²) in [4.78, 5) is 140. The lowest BCUT2D eigenvalue weighted by molar-refractivity contribution is -0.270. The number of urea groups is 1. The summed E-state index contributed by atoms with van der Waals surface area (Å²) >= 11 is 14.4. The lowest BCUT2D eigenvalue weighted by Gasteiger charge is -2.54. The summed E-state index contributed by atoms with van der Waals surface area (Å²) in [5.41, 5.74) is 4.52. The van der Waals surface area contributed by atoms with Gasteiger partial charge in [-0.05, 0) is 182 Å². The summed E-state index contributed by atoms with van der Waals surface area (Å²) in [6.45, 7) is 11.8. The Morgan fingerprint density at radius 3 is 1.78 bits per heavy atom. The van der Waals surface area contributed by atoms with Gasteiger partial charge in [-0.3, -0.25) is 43.7 Å². The summed E-state index contributed by atoms with van der Waals surface area (Å²) in [7, 11) is 0. The zero-order valence-corrected chi connectivity index (χ0v) is 72.0. The fourth-order valence-electron chi connectivity index (χ4n) is 18.6. The van der Waals surface area contributed by atoms with Gasteiger partial charge in [0.15, 0.2) is 40.3 Å².